The number of fused-ring (bicyclic) bond motifs is 2. The van der Waals surface area contributed by atoms with Crippen LogP contribution in [0.4, 0.5) is 5.00 Å². The van der Waals surface area contributed by atoms with Gasteiger partial charge in [0.25, 0.3) is 0 Å². The summed E-state index contributed by atoms with van der Waals surface area (Å²) in [6.07, 6.45) is 6.28. The molecule has 7 nitrogen and oxygen atoms in total. The van der Waals surface area contributed by atoms with Crippen LogP contribution in [0, 0.1) is 5.92 Å². The van der Waals surface area contributed by atoms with Crippen LogP contribution in [-0.4, -0.2) is 38.2 Å². The van der Waals surface area contributed by atoms with Crippen LogP contribution in [0.3, 0.4) is 0 Å². The van der Waals surface area contributed by atoms with Crippen LogP contribution in [-0.2, 0) is 29.0 Å². The summed E-state index contributed by atoms with van der Waals surface area (Å²) in [5.41, 5.74) is 5.04. The van der Waals surface area contributed by atoms with Crippen LogP contribution < -0.4 is 5.32 Å². The van der Waals surface area contributed by atoms with E-state index in [2.05, 4.69) is 15.3 Å². The van der Waals surface area contributed by atoms with Gasteiger partial charge in [-0.3, -0.25) is 14.6 Å². The largest absolute Gasteiger partial charge is 0.338 e. The molecule has 2 amide bonds. The molecule has 2 N–H and O–H groups in total. The highest BCUT2D eigenvalue weighted by Gasteiger charge is 2.35. The van der Waals surface area contributed by atoms with Crippen molar-refractivity contribution in [2.45, 2.75) is 38.6 Å². The Morgan fingerprint density at radius 2 is 2.00 bits per heavy atom. The van der Waals surface area contributed by atoms with E-state index in [4.69, 9.17) is 4.98 Å². The number of imidazole rings is 1. The van der Waals surface area contributed by atoms with Crippen molar-refractivity contribution >= 4 is 39.2 Å². The van der Waals surface area contributed by atoms with E-state index in [9.17, 15) is 9.59 Å². The minimum Gasteiger partial charge on any atom is -0.338 e. The summed E-state index contributed by atoms with van der Waals surface area (Å²) in [6, 6.07) is 13.6. The number of amides is 2. The highest BCUT2D eigenvalue weighted by molar-refractivity contribution is 7.17. The van der Waals surface area contributed by atoms with Crippen LogP contribution in [0.5, 0.6) is 0 Å². The van der Waals surface area contributed by atoms with Crippen molar-refractivity contribution in [2.75, 3.05) is 11.9 Å². The Morgan fingerprint density at radius 3 is 2.85 bits per heavy atom. The molecule has 1 fully saturated rings. The van der Waals surface area contributed by atoms with Crippen LogP contribution >= 0.6 is 11.3 Å². The summed E-state index contributed by atoms with van der Waals surface area (Å²) in [7, 11) is 0. The maximum absolute atomic E-state index is 13.3. The second-order valence-corrected chi connectivity index (χ2v) is 10.1. The van der Waals surface area contributed by atoms with E-state index in [1.165, 1.54) is 16.9 Å². The van der Waals surface area contributed by atoms with E-state index in [-0.39, 0.29) is 24.2 Å². The van der Waals surface area contributed by atoms with Crippen molar-refractivity contribution in [1.82, 2.24) is 19.9 Å². The van der Waals surface area contributed by atoms with Crippen LogP contribution in [0.25, 0.3) is 22.4 Å². The van der Waals surface area contributed by atoms with Gasteiger partial charge in [0.05, 0.1) is 34.8 Å². The number of thiophene rings is 1. The van der Waals surface area contributed by atoms with Gasteiger partial charge in [-0.15, -0.1) is 11.3 Å². The zero-order chi connectivity index (χ0) is 23.1. The van der Waals surface area contributed by atoms with E-state index in [0.29, 0.717) is 13.1 Å². The number of aromatic amines is 1. The fraction of sp³-hybridized carbons (Fsp3) is 0.308. The summed E-state index contributed by atoms with van der Waals surface area (Å²) < 4.78 is 0. The maximum atomic E-state index is 13.3. The first-order valence-electron chi connectivity index (χ1n) is 11.7. The fourth-order valence-corrected chi connectivity index (χ4v) is 6.27. The smallest absolute Gasteiger partial charge is 0.230 e. The standard InChI is InChI=1S/C26H25N5O2S/c32-22-13-16(14-31(22)15-17-7-5-6-12-27-17)25(33)30-26-23(18-8-1-4-11-21(18)34-26)24-28-19-9-2-3-10-20(19)29-24/h2-3,5-7,9-10,12,16H,1,4,8,11,13-15H2,(H,28,29)(H,30,33). The van der Waals surface area contributed by atoms with Gasteiger partial charge in [0.2, 0.25) is 11.8 Å². The van der Waals surface area contributed by atoms with Gasteiger partial charge in [0.1, 0.15) is 10.8 Å². The molecule has 0 bridgehead atoms. The summed E-state index contributed by atoms with van der Waals surface area (Å²) in [6.45, 7) is 0.841. The molecule has 1 aromatic carbocycles. The number of anilines is 1. The first kappa shape index (κ1) is 21.0. The SMILES string of the molecule is O=C(Nc1sc2c(c1-c1nc3ccccc3[nH]1)CCCC2)C1CC(=O)N(Cc2ccccn2)C1. The third kappa shape index (κ3) is 3.88. The van der Waals surface area contributed by atoms with Crippen molar-refractivity contribution in [2.24, 2.45) is 5.92 Å². The van der Waals surface area contributed by atoms with Gasteiger partial charge >= 0.3 is 0 Å². The molecule has 1 saturated heterocycles. The Labute approximate surface area is 201 Å². The number of para-hydroxylation sites is 2. The van der Waals surface area contributed by atoms with Crippen molar-refractivity contribution in [1.29, 1.82) is 0 Å². The normalized spacial score (nSPS) is 17.8. The van der Waals surface area contributed by atoms with Gasteiger partial charge in [0, 0.05) is 24.0 Å². The lowest BCUT2D eigenvalue weighted by Gasteiger charge is -2.16. The minimum atomic E-state index is -0.376. The molecule has 3 aromatic heterocycles. The highest BCUT2D eigenvalue weighted by Crippen LogP contribution is 2.44. The summed E-state index contributed by atoms with van der Waals surface area (Å²) in [5.74, 6) is 0.315. The number of rotatable bonds is 5. The van der Waals surface area contributed by atoms with E-state index < -0.39 is 0 Å². The molecule has 1 atom stereocenters. The third-order valence-electron chi connectivity index (χ3n) is 6.70. The van der Waals surface area contributed by atoms with E-state index >= 15 is 0 Å². The van der Waals surface area contributed by atoms with Crippen molar-refractivity contribution in [3.63, 3.8) is 0 Å². The zero-order valence-corrected chi connectivity index (χ0v) is 19.5. The number of nitrogens with zero attached hydrogens (tertiary/aromatic N) is 3. The Hall–Kier alpha value is -3.52. The number of carbonyl (C=O) groups is 2. The second kappa shape index (κ2) is 8.68. The molecule has 1 aliphatic carbocycles. The predicted molar refractivity (Wildman–Crippen MR) is 132 cm³/mol. The molecule has 172 valence electrons. The minimum absolute atomic E-state index is 0.00575. The van der Waals surface area contributed by atoms with Gasteiger partial charge in [-0.05, 0) is 55.5 Å². The number of carbonyl (C=O) groups excluding carboxylic acids is 2. The molecule has 8 heteroatoms. The van der Waals surface area contributed by atoms with E-state index in [1.54, 1.807) is 22.4 Å². The third-order valence-corrected chi connectivity index (χ3v) is 7.91. The number of likely N-dealkylation sites (tertiary alicyclic amines) is 1. The maximum Gasteiger partial charge on any atom is 0.230 e. The predicted octanol–water partition coefficient (Wildman–Crippen LogP) is 4.55. The van der Waals surface area contributed by atoms with Gasteiger partial charge in [-0.2, -0.15) is 0 Å². The van der Waals surface area contributed by atoms with Gasteiger partial charge < -0.3 is 15.2 Å². The molecule has 1 unspecified atom stereocenters. The monoisotopic (exact) mass is 471 g/mol. The van der Waals surface area contributed by atoms with Crippen molar-refractivity contribution < 1.29 is 9.59 Å². The fourth-order valence-electron chi connectivity index (χ4n) is 4.98. The van der Waals surface area contributed by atoms with Crippen molar-refractivity contribution in [3.8, 4) is 11.4 Å². The molecule has 4 aromatic rings. The Morgan fingerprint density at radius 1 is 1.15 bits per heavy atom. The van der Waals surface area contributed by atoms with Crippen LogP contribution in [0.2, 0.25) is 0 Å². The van der Waals surface area contributed by atoms with Crippen LogP contribution in [0.15, 0.2) is 48.7 Å². The summed E-state index contributed by atoms with van der Waals surface area (Å²) >= 11 is 1.66. The molecule has 1 aliphatic heterocycles. The van der Waals surface area contributed by atoms with Crippen molar-refractivity contribution in [3.05, 3.63) is 64.8 Å². The number of hydrogen-bond acceptors (Lipinski definition) is 5. The lowest BCUT2D eigenvalue weighted by atomic mass is 9.95. The number of nitrogens with one attached hydrogen (secondary N) is 2. The van der Waals surface area contributed by atoms with Gasteiger partial charge in [-0.25, -0.2) is 4.98 Å². The van der Waals surface area contributed by atoms with Gasteiger partial charge in [-0.1, -0.05) is 18.2 Å². The number of H-pyrrole nitrogens is 1. The molecule has 6 rings (SSSR count). The molecule has 34 heavy (non-hydrogen) atoms. The molecule has 0 spiro atoms. The Balaban J connectivity index is 1.26. The Bertz CT molecular complexity index is 1340. The first-order chi connectivity index (χ1) is 16.7. The van der Waals surface area contributed by atoms with E-state index in [0.717, 1.165) is 52.4 Å². The summed E-state index contributed by atoms with van der Waals surface area (Å²) in [4.78, 5) is 41.5. The lowest BCUT2D eigenvalue weighted by Crippen LogP contribution is -2.28. The highest BCUT2D eigenvalue weighted by atomic mass is 32.1. The molecule has 4 heterocycles. The topological polar surface area (TPSA) is 91.0 Å². The van der Waals surface area contributed by atoms with E-state index in [1.807, 2.05) is 42.5 Å². The molecule has 0 radical (unpaired) electrons. The number of pyridine rings is 1. The van der Waals surface area contributed by atoms with Gasteiger partial charge in [0.15, 0.2) is 0 Å². The molecular formula is C26H25N5O2S. The van der Waals surface area contributed by atoms with Crippen LogP contribution in [0.1, 0.15) is 35.4 Å². The summed E-state index contributed by atoms with van der Waals surface area (Å²) in [5, 5.41) is 4.02. The average Bonchev–Trinajstić information content (AvgIpc) is 3.54. The lowest BCUT2D eigenvalue weighted by molar-refractivity contribution is -0.128. The number of aryl methyl sites for hydroxylation is 1. The number of aromatic nitrogens is 3. The Kier molecular flexibility index (Phi) is 5.37. The molecular weight excluding hydrogens is 446 g/mol. The number of benzene rings is 1. The molecule has 0 saturated carbocycles. The number of hydrogen-bond donors (Lipinski definition) is 2. The second-order valence-electron chi connectivity index (χ2n) is 9.00. The first-order valence-corrected chi connectivity index (χ1v) is 12.6. The average molecular weight is 472 g/mol. The zero-order valence-electron chi connectivity index (χ0n) is 18.7. The molecule has 2 aliphatic rings. The quantitative estimate of drug-likeness (QED) is 0.447.